The summed E-state index contributed by atoms with van der Waals surface area (Å²) >= 11 is 0. The normalized spacial score (nSPS) is 26.3. The van der Waals surface area contributed by atoms with Gasteiger partial charge in [-0.1, -0.05) is 54.4 Å². The third-order valence-corrected chi connectivity index (χ3v) is 5.61. The van der Waals surface area contributed by atoms with Crippen LogP contribution in [0.5, 0.6) is 0 Å². The minimum atomic E-state index is 0.525. The lowest BCUT2D eigenvalue weighted by atomic mass is 9.71. The summed E-state index contributed by atoms with van der Waals surface area (Å²) in [7, 11) is 4.87. The van der Waals surface area contributed by atoms with Crippen LogP contribution >= 0.6 is 0 Å². The summed E-state index contributed by atoms with van der Waals surface area (Å²) in [5.41, 5.74) is 1.05. The lowest BCUT2D eigenvalue weighted by molar-refractivity contribution is -0.880. The predicted octanol–water partition coefficient (Wildman–Crippen LogP) is 5.74. The molecule has 2 unspecified atom stereocenters. The lowest BCUT2D eigenvalue weighted by Crippen LogP contribution is -2.37. The van der Waals surface area contributed by atoms with Crippen LogP contribution in [0.2, 0.25) is 0 Å². The monoisotopic (exact) mass is 296 g/mol. The highest BCUT2D eigenvalue weighted by Gasteiger charge is 2.43. The first-order valence-corrected chi connectivity index (χ1v) is 9.32. The molecule has 1 saturated heterocycles. The summed E-state index contributed by atoms with van der Waals surface area (Å²) in [6.07, 6.45) is 8.25. The molecule has 0 bridgehead atoms. The third-order valence-electron chi connectivity index (χ3n) is 5.61. The van der Waals surface area contributed by atoms with Gasteiger partial charge in [0.2, 0.25) is 0 Å². The molecule has 0 spiro atoms. The van der Waals surface area contributed by atoms with Crippen molar-refractivity contribution in [1.82, 2.24) is 0 Å². The topological polar surface area (TPSA) is 0 Å². The van der Waals surface area contributed by atoms with Gasteiger partial charge in [0.25, 0.3) is 0 Å². The van der Waals surface area contributed by atoms with Gasteiger partial charge in [-0.25, -0.2) is 0 Å². The second kappa shape index (κ2) is 7.02. The van der Waals surface area contributed by atoms with E-state index in [1.165, 1.54) is 56.1 Å². The van der Waals surface area contributed by atoms with Crippen LogP contribution < -0.4 is 0 Å². The van der Waals surface area contributed by atoms with Crippen LogP contribution in [0.25, 0.3) is 0 Å². The maximum absolute atomic E-state index is 2.49. The molecule has 0 aromatic heterocycles. The zero-order valence-electron chi connectivity index (χ0n) is 16.3. The van der Waals surface area contributed by atoms with Crippen molar-refractivity contribution in [3.8, 4) is 0 Å². The molecule has 2 atom stereocenters. The van der Waals surface area contributed by atoms with E-state index < -0.39 is 0 Å². The second-order valence-electron chi connectivity index (χ2n) is 10.1. The van der Waals surface area contributed by atoms with E-state index in [1.807, 2.05) is 0 Å². The maximum atomic E-state index is 2.49. The van der Waals surface area contributed by atoms with E-state index in [2.05, 4.69) is 55.6 Å². The van der Waals surface area contributed by atoms with Crippen molar-refractivity contribution in [3.05, 3.63) is 0 Å². The summed E-state index contributed by atoms with van der Waals surface area (Å²) in [6, 6.07) is 0. The predicted molar refractivity (Wildman–Crippen MR) is 95.4 cm³/mol. The Kier molecular flexibility index (Phi) is 6.36. The number of hydrogen-bond acceptors (Lipinski definition) is 0. The molecule has 1 aliphatic heterocycles. The molecule has 126 valence electrons. The molecule has 0 N–H and O–H groups in total. The quantitative estimate of drug-likeness (QED) is 0.501. The summed E-state index contributed by atoms with van der Waals surface area (Å²) in [5.74, 6) is 1.86. The highest BCUT2D eigenvalue weighted by Crippen LogP contribution is 2.43. The molecule has 0 saturated carbocycles. The summed E-state index contributed by atoms with van der Waals surface area (Å²) in [4.78, 5) is 0. The fourth-order valence-electron chi connectivity index (χ4n) is 5.08. The van der Waals surface area contributed by atoms with E-state index in [0.717, 1.165) is 11.8 Å². The molecular weight excluding hydrogens is 254 g/mol. The molecule has 21 heavy (non-hydrogen) atoms. The van der Waals surface area contributed by atoms with Gasteiger partial charge in [0.15, 0.2) is 0 Å². The van der Waals surface area contributed by atoms with Gasteiger partial charge in [-0.2, -0.15) is 0 Å². The number of quaternary nitrogens is 1. The van der Waals surface area contributed by atoms with Crippen LogP contribution in [-0.2, 0) is 0 Å². The Hall–Kier alpha value is -0.0400. The minimum absolute atomic E-state index is 0.525. The van der Waals surface area contributed by atoms with E-state index in [1.54, 1.807) is 0 Å². The van der Waals surface area contributed by atoms with Crippen molar-refractivity contribution in [3.63, 3.8) is 0 Å². The molecule has 0 aromatic carbocycles. The molecule has 1 aliphatic rings. The molecule has 1 heteroatoms. The van der Waals surface area contributed by atoms with Crippen molar-refractivity contribution < 1.29 is 4.48 Å². The molecule has 1 fully saturated rings. The lowest BCUT2D eigenvalue weighted by Gasteiger charge is -2.32. The average Bonchev–Trinajstić information content (AvgIpc) is 2.50. The first kappa shape index (κ1) is 19.0. The van der Waals surface area contributed by atoms with Crippen LogP contribution in [-0.4, -0.2) is 31.7 Å². The fraction of sp³-hybridized carbons (Fsp3) is 1.00. The average molecular weight is 297 g/mol. The molecule has 0 radical (unpaired) electrons. The Labute approximate surface area is 135 Å². The van der Waals surface area contributed by atoms with E-state index in [-0.39, 0.29) is 0 Å². The smallest absolute Gasteiger partial charge is 0.0816 e. The maximum Gasteiger partial charge on any atom is 0.0816 e. The Morgan fingerprint density at radius 3 is 1.38 bits per heavy atom. The largest absolute Gasteiger partial charge is 0.328 e. The Balaban J connectivity index is 2.75. The van der Waals surface area contributed by atoms with Crippen LogP contribution in [0.1, 0.15) is 80.1 Å². The van der Waals surface area contributed by atoms with Gasteiger partial charge in [0.1, 0.15) is 0 Å². The molecule has 1 rings (SSSR count). The molecule has 0 aromatic rings. The molecule has 1 heterocycles. The van der Waals surface area contributed by atoms with E-state index >= 15 is 0 Å². The van der Waals surface area contributed by atoms with Gasteiger partial charge >= 0.3 is 0 Å². The van der Waals surface area contributed by atoms with E-state index in [9.17, 15) is 0 Å². The second-order valence-corrected chi connectivity index (χ2v) is 10.1. The van der Waals surface area contributed by atoms with Gasteiger partial charge in [-0.15, -0.1) is 0 Å². The first-order chi connectivity index (χ1) is 9.50. The van der Waals surface area contributed by atoms with Crippen molar-refractivity contribution in [2.45, 2.75) is 80.1 Å². The number of likely N-dealkylation sites (tertiary alicyclic amines) is 1. The van der Waals surface area contributed by atoms with Crippen molar-refractivity contribution in [1.29, 1.82) is 0 Å². The van der Waals surface area contributed by atoms with Gasteiger partial charge in [0, 0.05) is 11.8 Å². The zero-order valence-corrected chi connectivity index (χ0v) is 16.3. The van der Waals surface area contributed by atoms with Gasteiger partial charge in [-0.05, 0) is 36.5 Å². The number of rotatable bonds is 8. The molecular formula is C20H42N+. The summed E-state index contributed by atoms with van der Waals surface area (Å²) in [6.45, 7) is 17.4. The molecule has 1 nitrogen and oxygen atoms in total. The molecule has 0 aliphatic carbocycles. The first-order valence-electron chi connectivity index (χ1n) is 9.32. The van der Waals surface area contributed by atoms with Crippen LogP contribution in [0.15, 0.2) is 0 Å². The standard InChI is InChI=1S/C20H42N/c1-9-11-19(3,4)13-17-15-21(7,8)16-18(17)14-20(5,6)12-10-2/h17-18H,9-16H2,1-8H3/q+1. The minimum Gasteiger partial charge on any atom is -0.328 e. The fourth-order valence-corrected chi connectivity index (χ4v) is 5.08. The van der Waals surface area contributed by atoms with Gasteiger partial charge < -0.3 is 4.48 Å². The van der Waals surface area contributed by atoms with E-state index in [4.69, 9.17) is 0 Å². The Morgan fingerprint density at radius 2 is 1.10 bits per heavy atom. The third kappa shape index (κ3) is 6.30. The van der Waals surface area contributed by atoms with Crippen molar-refractivity contribution >= 4 is 0 Å². The SMILES string of the molecule is CCCC(C)(C)CC1C[N+](C)(C)CC1CC(C)(C)CCC. The highest BCUT2D eigenvalue weighted by molar-refractivity contribution is 4.85. The van der Waals surface area contributed by atoms with Gasteiger partial charge in [0.05, 0.1) is 27.2 Å². The Morgan fingerprint density at radius 1 is 0.762 bits per heavy atom. The number of hydrogen-bond donors (Lipinski definition) is 0. The summed E-state index contributed by atoms with van der Waals surface area (Å²) in [5, 5.41) is 0. The molecule has 0 amide bonds. The Bertz CT molecular complexity index is 284. The number of nitrogens with zero attached hydrogens (tertiary/aromatic N) is 1. The van der Waals surface area contributed by atoms with E-state index in [0.29, 0.717) is 10.8 Å². The van der Waals surface area contributed by atoms with Crippen LogP contribution in [0.3, 0.4) is 0 Å². The highest BCUT2D eigenvalue weighted by atomic mass is 15.3. The van der Waals surface area contributed by atoms with Crippen LogP contribution in [0.4, 0.5) is 0 Å². The van der Waals surface area contributed by atoms with Crippen molar-refractivity contribution in [2.24, 2.45) is 22.7 Å². The van der Waals surface area contributed by atoms with Crippen LogP contribution in [0, 0.1) is 22.7 Å². The van der Waals surface area contributed by atoms with Crippen molar-refractivity contribution in [2.75, 3.05) is 27.2 Å². The zero-order chi connectivity index (χ0) is 16.3. The summed E-state index contributed by atoms with van der Waals surface area (Å²) < 4.78 is 1.24. The van der Waals surface area contributed by atoms with Gasteiger partial charge in [-0.3, -0.25) is 0 Å².